The Labute approximate surface area is 164 Å². The molecule has 1 N–H and O–H groups in total. The molecule has 1 atom stereocenters. The number of ether oxygens (including phenoxy) is 1. The van der Waals surface area contributed by atoms with Crippen LogP contribution in [0.25, 0.3) is 0 Å². The van der Waals surface area contributed by atoms with Gasteiger partial charge in [0.1, 0.15) is 11.9 Å². The van der Waals surface area contributed by atoms with Gasteiger partial charge in [0.25, 0.3) is 0 Å². The summed E-state index contributed by atoms with van der Waals surface area (Å²) in [6.07, 6.45) is 2.82. The van der Waals surface area contributed by atoms with E-state index in [1.165, 1.54) is 0 Å². The molecule has 150 valence electrons. The third-order valence-corrected chi connectivity index (χ3v) is 6.18. The third kappa shape index (κ3) is 4.86. The van der Waals surface area contributed by atoms with Crippen molar-refractivity contribution in [3.8, 4) is 5.75 Å². The van der Waals surface area contributed by atoms with Gasteiger partial charge in [-0.1, -0.05) is 19.1 Å². The van der Waals surface area contributed by atoms with Crippen molar-refractivity contribution in [1.29, 1.82) is 0 Å². The third-order valence-electron chi connectivity index (χ3n) is 6.18. The van der Waals surface area contributed by atoms with Gasteiger partial charge in [0, 0.05) is 19.6 Å². The van der Waals surface area contributed by atoms with E-state index < -0.39 is 0 Å². The zero-order valence-electron chi connectivity index (χ0n) is 17.4. The number of piperidine rings is 1. The van der Waals surface area contributed by atoms with E-state index in [1.54, 1.807) is 0 Å². The van der Waals surface area contributed by atoms with Gasteiger partial charge in [0.2, 0.25) is 0 Å². The van der Waals surface area contributed by atoms with Gasteiger partial charge in [-0.2, -0.15) is 0 Å². The van der Waals surface area contributed by atoms with Crippen molar-refractivity contribution in [1.82, 2.24) is 4.90 Å². The maximum absolute atomic E-state index is 9.80. The van der Waals surface area contributed by atoms with Crippen LogP contribution in [0.1, 0.15) is 53.9 Å². The summed E-state index contributed by atoms with van der Waals surface area (Å²) in [7, 11) is -0.336. The average Bonchev–Trinajstić information content (AvgIpc) is 2.85. The fourth-order valence-electron chi connectivity index (χ4n) is 3.51. The summed E-state index contributed by atoms with van der Waals surface area (Å²) >= 11 is 0. The Bertz CT molecular complexity index is 595. The summed E-state index contributed by atoms with van der Waals surface area (Å²) in [4.78, 5) is 2.33. The Hall–Kier alpha value is -1.08. The van der Waals surface area contributed by atoms with Crippen molar-refractivity contribution in [3.05, 3.63) is 24.3 Å². The maximum atomic E-state index is 9.80. The van der Waals surface area contributed by atoms with E-state index in [4.69, 9.17) is 14.0 Å². The second-order valence-corrected chi connectivity index (χ2v) is 8.84. The number of likely N-dealkylation sites (tertiary alicyclic amines) is 1. The van der Waals surface area contributed by atoms with Crippen LogP contribution in [0.5, 0.6) is 5.75 Å². The molecule has 2 saturated heterocycles. The van der Waals surface area contributed by atoms with Crippen LogP contribution >= 0.6 is 0 Å². The summed E-state index contributed by atoms with van der Waals surface area (Å²) in [5.74, 6) is 0.891. The fraction of sp³-hybridized carbons (Fsp3) is 0.714. The molecule has 1 unspecified atom stereocenters. The molecule has 2 aliphatic heterocycles. The number of aliphatic hydroxyl groups is 1. The highest BCUT2D eigenvalue weighted by Crippen LogP contribution is 2.36. The molecule has 27 heavy (non-hydrogen) atoms. The first-order valence-electron chi connectivity index (χ1n) is 10.2. The lowest BCUT2D eigenvalue weighted by atomic mass is 9.79. The molecule has 3 rings (SSSR count). The molecular weight excluding hydrogens is 341 g/mol. The van der Waals surface area contributed by atoms with Crippen LogP contribution in [0, 0.1) is 0 Å². The van der Waals surface area contributed by atoms with Crippen molar-refractivity contribution in [3.63, 3.8) is 0 Å². The van der Waals surface area contributed by atoms with Crippen LogP contribution in [0.4, 0.5) is 0 Å². The minimum Gasteiger partial charge on any atom is -0.490 e. The molecule has 2 heterocycles. The van der Waals surface area contributed by atoms with Crippen LogP contribution in [0.3, 0.4) is 0 Å². The monoisotopic (exact) mass is 375 g/mol. The number of rotatable bonds is 6. The largest absolute Gasteiger partial charge is 0.494 e. The highest BCUT2D eigenvalue weighted by Gasteiger charge is 2.51. The second-order valence-electron chi connectivity index (χ2n) is 8.84. The van der Waals surface area contributed by atoms with E-state index >= 15 is 0 Å². The van der Waals surface area contributed by atoms with Crippen molar-refractivity contribution in [2.45, 2.75) is 77.3 Å². The van der Waals surface area contributed by atoms with Gasteiger partial charge in [-0.15, -0.1) is 0 Å². The number of nitrogens with zero attached hydrogens (tertiary/aromatic N) is 1. The summed E-state index contributed by atoms with van der Waals surface area (Å²) in [5, 5.41) is 9.80. The molecule has 0 bridgehead atoms. The van der Waals surface area contributed by atoms with Crippen molar-refractivity contribution in [2.24, 2.45) is 0 Å². The highest BCUT2D eigenvalue weighted by atomic mass is 16.7. The number of β-amino-alcohol motifs (C(OH)–C–C–N with tert-alkyl or cyclic N) is 1. The number of hydrogen-bond donors (Lipinski definition) is 1. The normalized spacial score (nSPS) is 24.1. The van der Waals surface area contributed by atoms with Gasteiger partial charge in [0.05, 0.1) is 17.3 Å². The lowest BCUT2D eigenvalue weighted by Gasteiger charge is -2.33. The summed E-state index contributed by atoms with van der Waals surface area (Å²) in [6, 6.07) is 8.08. The minimum absolute atomic E-state index is 0.218. The van der Waals surface area contributed by atoms with Gasteiger partial charge in [-0.25, -0.2) is 0 Å². The molecule has 5 nitrogen and oxygen atoms in total. The van der Waals surface area contributed by atoms with E-state index in [0.29, 0.717) is 0 Å². The van der Waals surface area contributed by atoms with Crippen LogP contribution in [0.15, 0.2) is 24.3 Å². The van der Waals surface area contributed by atoms with Crippen molar-refractivity contribution >= 4 is 12.6 Å². The van der Waals surface area contributed by atoms with Crippen molar-refractivity contribution < 1.29 is 19.2 Å². The molecule has 0 amide bonds. The average molecular weight is 375 g/mol. The zero-order valence-corrected chi connectivity index (χ0v) is 17.4. The first-order valence-corrected chi connectivity index (χ1v) is 10.2. The second kappa shape index (κ2) is 8.12. The molecule has 0 aliphatic carbocycles. The Morgan fingerprint density at radius 3 is 2.19 bits per heavy atom. The number of benzene rings is 1. The van der Waals surface area contributed by atoms with E-state index in [-0.39, 0.29) is 30.5 Å². The Kier molecular flexibility index (Phi) is 6.21. The SMILES string of the molecule is CCC(O)CN1CCC(Oc2ccc(B3OC(C)(C)C(C)(C)O3)cc2)CC1. The Balaban J connectivity index is 1.51. The Morgan fingerprint density at radius 2 is 1.67 bits per heavy atom. The summed E-state index contributed by atoms with van der Waals surface area (Å²) in [5.41, 5.74) is 0.363. The number of hydrogen-bond acceptors (Lipinski definition) is 5. The smallest absolute Gasteiger partial charge is 0.490 e. The fourth-order valence-corrected chi connectivity index (χ4v) is 3.51. The van der Waals surface area contributed by atoms with Gasteiger partial charge in [-0.3, -0.25) is 0 Å². The molecule has 1 aromatic rings. The first-order chi connectivity index (χ1) is 12.7. The standard InChI is InChI=1S/C21H34BNO4/c1-6-17(24)15-23-13-11-19(12-14-23)25-18-9-7-16(8-10-18)22-26-20(2,3)21(4,5)27-22/h7-10,17,19,24H,6,11-15H2,1-5H3. The molecule has 0 spiro atoms. The maximum Gasteiger partial charge on any atom is 0.494 e. The van der Waals surface area contributed by atoms with Gasteiger partial charge >= 0.3 is 7.12 Å². The van der Waals surface area contributed by atoms with E-state index in [2.05, 4.69) is 32.6 Å². The van der Waals surface area contributed by atoms with Crippen molar-refractivity contribution in [2.75, 3.05) is 19.6 Å². The van der Waals surface area contributed by atoms with Crippen LogP contribution in [-0.4, -0.2) is 60.2 Å². The zero-order chi connectivity index (χ0) is 19.7. The van der Waals surface area contributed by atoms with Gasteiger partial charge in [0.15, 0.2) is 0 Å². The van der Waals surface area contributed by atoms with E-state index in [1.807, 2.05) is 31.2 Å². The molecular formula is C21H34BNO4. The lowest BCUT2D eigenvalue weighted by molar-refractivity contribution is 0.00578. The van der Waals surface area contributed by atoms with Crippen LogP contribution in [-0.2, 0) is 9.31 Å². The number of aliphatic hydroxyl groups excluding tert-OH is 1. The Morgan fingerprint density at radius 1 is 1.11 bits per heavy atom. The lowest BCUT2D eigenvalue weighted by Crippen LogP contribution is -2.41. The molecule has 1 aromatic carbocycles. The van der Waals surface area contributed by atoms with Gasteiger partial charge < -0.3 is 24.1 Å². The minimum atomic E-state index is -0.336. The topological polar surface area (TPSA) is 51.2 Å². The summed E-state index contributed by atoms with van der Waals surface area (Å²) in [6.45, 7) is 13.0. The van der Waals surface area contributed by atoms with E-state index in [9.17, 15) is 5.11 Å². The summed E-state index contributed by atoms with van der Waals surface area (Å²) < 4.78 is 18.4. The first kappa shape index (κ1) is 20.7. The molecule has 6 heteroatoms. The van der Waals surface area contributed by atoms with Gasteiger partial charge in [-0.05, 0) is 64.6 Å². The molecule has 0 aromatic heterocycles. The molecule has 0 radical (unpaired) electrons. The molecule has 2 fully saturated rings. The quantitative estimate of drug-likeness (QED) is 0.775. The van der Waals surface area contributed by atoms with Crippen LogP contribution in [0.2, 0.25) is 0 Å². The molecule has 2 aliphatic rings. The predicted octanol–water partition coefficient (Wildman–Crippen LogP) is 2.60. The van der Waals surface area contributed by atoms with Crippen LogP contribution < -0.4 is 10.2 Å². The highest BCUT2D eigenvalue weighted by molar-refractivity contribution is 6.62. The van der Waals surface area contributed by atoms with E-state index in [0.717, 1.165) is 50.1 Å². The predicted molar refractivity (Wildman–Crippen MR) is 109 cm³/mol. The molecule has 0 saturated carbocycles.